The van der Waals surface area contributed by atoms with Gasteiger partial charge in [0.1, 0.15) is 5.84 Å². The molecule has 2 aliphatic heterocycles. The SMILES string of the molecule is C[C@@]1(c2ccc(Br)cc2)[C@]2(C#N)C(N)=NC3(OCCO3)[C@@]21C#N. The molecule has 2 heterocycles. The molecule has 3 atom stereocenters. The van der Waals surface area contributed by atoms with Crippen LogP contribution in [0.3, 0.4) is 0 Å². The average molecular weight is 373 g/mol. The van der Waals surface area contributed by atoms with E-state index in [0.717, 1.165) is 10.0 Å². The number of ether oxygens (including phenoxy) is 2. The van der Waals surface area contributed by atoms with E-state index in [1.165, 1.54) is 0 Å². The van der Waals surface area contributed by atoms with Crippen molar-refractivity contribution in [2.24, 2.45) is 21.6 Å². The van der Waals surface area contributed by atoms with Crippen molar-refractivity contribution in [3.8, 4) is 12.1 Å². The maximum absolute atomic E-state index is 10.1. The van der Waals surface area contributed by atoms with Crippen LogP contribution in [0.25, 0.3) is 0 Å². The number of amidine groups is 1. The van der Waals surface area contributed by atoms with E-state index in [4.69, 9.17) is 15.2 Å². The Morgan fingerprint density at radius 3 is 2.30 bits per heavy atom. The van der Waals surface area contributed by atoms with Crippen LogP contribution in [0.1, 0.15) is 12.5 Å². The third kappa shape index (κ3) is 1.19. The predicted molar refractivity (Wildman–Crippen MR) is 83.8 cm³/mol. The number of aliphatic imine (C=N–C) groups is 1. The number of rotatable bonds is 1. The van der Waals surface area contributed by atoms with Gasteiger partial charge in [-0.1, -0.05) is 35.0 Å². The van der Waals surface area contributed by atoms with Crippen molar-refractivity contribution in [3.05, 3.63) is 34.3 Å². The molecule has 2 fully saturated rings. The number of benzene rings is 1. The molecule has 1 aromatic carbocycles. The molecule has 1 saturated carbocycles. The Morgan fingerprint density at radius 1 is 1.17 bits per heavy atom. The molecule has 0 amide bonds. The Hall–Kier alpha value is -1.93. The van der Waals surface area contributed by atoms with Crippen LogP contribution in [0, 0.1) is 33.5 Å². The molecule has 1 aromatic rings. The Morgan fingerprint density at radius 2 is 1.78 bits per heavy atom. The van der Waals surface area contributed by atoms with Crippen LogP contribution in [-0.2, 0) is 14.9 Å². The fourth-order valence-corrected chi connectivity index (χ4v) is 4.73. The van der Waals surface area contributed by atoms with E-state index >= 15 is 0 Å². The molecule has 1 aliphatic carbocycles. The smallest absolute Gasteiger partial charge is 0.293 e. The van der Waals surface area contributed by atoms with Crippen LogP contribution in [0.2, 0.25) is 0 Å². The maximum atomic E-state index is 10.1. The highest BCUT2D eigenvalue weighted by molar-refractivity contribution is 9.10. The first kappa shape index (κ1) is 14.6. The highest BCUT2D eigenvalue weighted by atomic mass is 79.9. The van der Waals surface area contributed by atoms with Crippen LogP contribution in [0.15, 0.2) is 33.7 Å². The summed E-state index contributed by atoms with van der Waals surface area (Å²) in [5.74, 6) is -1.39. The van der Waals surface area contributed by atoms with Gasteiger partial charge in [0.05, 0.1) is 25.4 Å². The fourth-order valence-electron chi connectivity index (χ4n) is 4.46. The molecule has 1 saturated heterocycles. The molecule has 116 valence electrons. The molecule has 6 nitrogen and oxygen atoms in total. The van der Waals surface area contributed by atoms with E-state index < -0.39 is 22.2 Å². The van der Waals surface area contributed by atoms with Gasteiger partial charge in [-0.2, -0.15) is 10.5 Å². The molecule has 7 heteroatoms. The number of nitrogens with two attached hydrogens (primary N) is 1. The Kier molecular flexibility index (Phi) is 2.63. The molecule has 0 bridgehead atoms. The van der Waals surface area contributed by atoms with Crippen molar-refractivity contribution < 1.29 is 9.47 Å². The lowest BCUT2D eigenvalue weighted by Gasteiger charge is -2.29. The van der Waals surface area contributed by atoms with Gasteiger partial charge in [-0.3, -0.25) is 0 Å². The number of hydrogen-bond acceptors (Lipinski definition) is 6. The first-order chi connectivity index (χ1) is 11.0. The van der Waals surface area contributed by atoms with Gasteiger partial charge in [0.2, 0.25) is 0 Å². The molecule has 0 unspecified atom stereocenters. The second-order valence-electron chi connectivity index (χ2n) is 6.13. The minimum atomic E-state index is -1.50. The minimum Gasteiger partial charge on any atom is -0.386 e. The van der Waals surface area contributed by atoms with E-state index in [1.807, 2.05) is 31.2 Å². The largest absolute Gasteiger partial charge is 0.386 e. The normalized spacial score (nSPS) is 39.4. The molecule has 1 spiro atoms. The number of halogens is 1. The van der Waals surface area contributed by atoms with E-state index in [2.05, 4.69) is 33.1 Å². The summed E-state index contributed by atoms with van der Waals surface area (Å²) in [6, 6.07) is 12.1. The molecule has 2 N–H and O–H groups in total. The van der Waals surface area contributed by atoms with Crippen molar-refractivity contribution in [1.29, 1.82) is 10.5 Å². The van der Waals surface area contributed by atoms with Gasteiger partial charge in [0, 0.05) is 9.89 Å². The van der Waals surface area contributed by atoms with Gasteiger partial charge in [-0.15, -0.1) is 0 Å². The monoisotopic (exact) mass is 372 g/mol. The third-order valence-electron chi connectivity index (χ3n) is 5.56. The Labute approximate surface area is 141 Å². The van der Waals surface area contributed by atoms with E-state index in [0.29, 0.717) is 13.2 Å². The second kappa shape index (κ2) is 4.12. The summed E-state index contributed by atoms with van der Waals surface area (Å²) in [6.45, 7) is 2.49. The summed E-state index contributed by atoms with van der Waals surface area (Å²) in [5.41, 5.74) is 3.55. The van der Waals surface area contributed by atoms with Crippen LogP contribution < -0.4 is 5.73 Å². The molecular formula is C16H13BrN4O2. The first-order valence-corrected chi connectivity index (χ1v) is 7.97. The van der Waals surface area contributed by atoms with Crippen LogP contribution in [-0.4, -0.2) is 25.0 Å². The van der Waals surface area contributed by atoms with Gasteiger partial charge >= 0.3 is 0 Å². The lowest BCUT2D eigenvalue weighted by Crippen LogP contribution is -2.42. The molecular weight excluding hydrogens is 360 g/mol. The van der Waals surface area contributed by atoms with Crippen molar-refractivity contribution in [3.63, 3.8) is 0 Å². The van der Waals surface area contributed by atoms with Crippen LogP contribution in [0.5, 0.6) is 0 Å². The third-order valence-corrected chi connectivity index (χ3v) is 6.09. The summed E-state index contributed by atoms with van der Waals surface area (Å²) in [5, 5.41) is 20.0. The van der Waals surface area contributed by atoms with E-state index in [9.17, 15) is 10.5 Å². The van der Waals surface area contributed by atoms with Crippen molar-refractivity contribution in [2.45, 2.75) is 18.2 Å². The van der Waals surface area contributed by atoms with Gasteiger partial charge < -0.3 is 15.2 Å². The summed E-state index contributed by atoms with van der Waals surface area (Å²) in [6.07, 6.45) is 0. The van der Waals surface area contributed by atoms with E-state index in [1.54, 1.807) is 0 Å². The number of nitrogens with zero attached hydrogens (tertiary/aromatic N) is 3. The quantitative estimate of drug-likeness (QED) is 0.809. The maximum Gasteiger partial charge on any atom is 0.293 e. The van der Waals surface area contributed by atoms with Crippen molar-refractivity contribution in [1.82, 2.24) is 0 Å². The second-order valence-corrected chi connectivity index (χ2v) is 7.05. The fraction of sp³-hybridized carbons (Fsp3) is 0.438. The molecule has 4 rings (SSSR count). The summed E-state index contributed by atoms with van der Waals surface area (Å²) in [7, 11) is 0. The molecule has 0 radical (unpaired) electrons. The van der Waals surface area contributed by atoms with Crippen molar-refractivity contribution >= 4 is 21.8 Å². The molecule has 23 heavy (non-hydrogen) atoms. The molecule has 3 aliphatic rings. The zero-order valence-corrected chi connectivity index (χ0v) is 13.9. The zero-order valence-electron chi connectivity index (χ0n) is 12.3. The standard InChI is InChI=1S/C16H13BrN4O2/c1-13(10-2-4-11(17)5-3-10)14(8-18)12(20)21-16(15(13,14)9-19)22-6-7-23-16/h2-5H,6-7H2,1H3,(H2,20,21)/t13-,14+,15-/m1/s1. The highest BCUT2D eigenvalue weighted by Gasteiger charge is 3.00. The minimum absolute atomic E-state index is 0.105. The van der Waals surface area contributed by atoms with Gasteiger partial charge in [-0.05, 0) is 17.7 Å². The topological polar surface area (TPSA) is 104 Å². The Bertz CT molecular complexity index is 818. The lowest BCUT2D eigenvalue weighted by molar-refractivity contribution is -0.187. The van der Waals surface area contributed by atoms with E-state index in [-0.39, 0.29) is 5.84 Å². The van der Waals surface area contributed by atoms with Crippen LogP contribution >= 0.6 is 15.9 Å². The van der Waals surface area contributed by atoms with Gasteiger partial charge in [-0.25, -0.2) is 4.99 Å². The highest BCUT2D eigenvalue weighted by Crippen LogP contribution is 2.85. The van der Waals surface area contributed by atoms with Gasteiger partial charge in [0.25, 0.3) is 5.91 Å². The predicted octanol–water partition coefficient (Wildman–Crippen LogP) is 1.81. The number of nitriles is 2. The Balaban J connectivity index is 2.00. The lowest BCUT2D eigenvalue weighted by atomic mass is 9.85. The van der Waals surface area contributed by atoms with Gasteiger partial charge in [0.15, 0.2) is 10.8 Å². The number of fused-ring (bicyclic) bond motifs is 2. The summed E-state index contributed by atoms with van der Waals surface area (Å²) >= 11 is 3.40. The first-order valence-electron chi connectivity index (χ1n) is 7.18. The molecule has 0 aromatic heterocycles. The van der Waals surface area contributed by atoms with Crippen molar-refractivity contribution in [2.75, 3.05) is 13.2 Å². The van der Waals surface area contributed by atoms with Crippen LogP contribution in [0.4, 0.5) is 0 Å². The summed E-state index contributed by atoms with van der Waals surface area (Å²) in [4.78, 5) is 4.27. The zero-order chi connectivity index (χ0) is 16.5. The number of hydrogen-bond donors (Lipinski definition) is 1. The summed E-state index contributed by atoms with van der Waals surface area (Å²) < 4.78 is 12.3. The average Bonchev–Trinajstić information content (AvgIpc) is 2.83.